The zero-order chi connectivity index (χ0) is 10.5. The van der Waals surface area contributed by atoms with Crippen LogP contribution in [-0.2, 0) is 9.53 Å². The molecule has 1 unspecified atom stereocenters. The first-order valence-corrected chi connectivity index (χ1v) is 4.61. The zero-order valence-electron chi connectivity index (χ0n) is 8.96. The van der Waals surface area contributed by atoms with Crippen LogP contribution >= 0.6 is 0 Å². The van der Waals surface area contributed by atoms with Gasteiger partial charge in [-0.05, 0) is 18.3 Å². The van der Waals surface area contributed by atoms with Crippen LogP contribution in [0.2, 0.25) is 0 Å². The Morgan fingerprint density at radius 1 is 1.54 bits per heavy atom. The molecule has 0 heterocycles. The van der Waals surface area contributed by atoms with Crippen molar-refractivity contribution in [2.45, 2.75) is 33.6 Å². The second-order valence-corrected chi connectivity index (χ2v) is 4.29. The monoisotopic (exact) mass is 188 g/mol. The lowest BCUT2D eigenvalue weighted by Crippen LogP contribution is -2.20. The first kappa shape index (κ1) is 12.4. The van der Waals surface area contributed by atoms with Crippen LogP contribution in [0, 0.1) is 11.3 Å². The smallest absolute Gasteiger partial charge is 0.308 e. The summed E-state index contributed by atoms with van der Waals surface area (Å²) in [5, 5.41) is 8.99. The predicted octanol–water partition coefficient (Wildman–Crippen LogP) is 1.59. The molecule has 0 aliphatic carbocycles. The molecule has 0 saturated heterocycles. The molecule has 0 radical (unpaired) electrons. The van der Waals surface area contributed by atoms with Crippen LogP contribution in [0.1, 0.15) is 33.6 Å². The molecular weight excluding hydrogens is 168 g/mol. The number of hydrogen-bond donors (Lipinski definition) is 1. The van der Waals surface area contributed by atoms with Gasteiger partial charge in [0.15, 0.2) is 0 Å². The number of carbonyl (C=O) groups is 1. The van der Waals surface area contributed by atoms with Crippen molar-refractivity contribution in [3.63, 3.8) is 0 Å². The van der Waals surface area contributed by atoms with Gasteiger partial charge in [0.2, 0.25) is 0 Å². The van der Waals surface area contributed by atoms with E-state index in [4.69, 9.17) is 5.11 Å². The van der Waals surface area contributed by atoms with Crippen LogP contribution in [0.25, 0.3) is 0 Å². The second kappa shape index (κ2) is 5.22. The lowest BCUT2D eigenvalue weighted by atomic mass is 9.86. The van der Waals surface area contributed by atoms with Gasteiger partial charge < -0.3 is 9.84 Å². The van der Waals surface area contributed by atoms with E-state index >= 15 is 0 Å². The molecule has 13 heavy (non-hydrogen) atoms. The number of carbonyl (C=O) groups excluding carboxylic acids is 1. The van der Waals surface area contributed by atoms with Crippen LogP contribution in [0.3, 0.4) is 0 Å². The van der Waals surface area contributed by atoms with E-state index in [0.717, 1.165) is 12.8 Å². The number of hydrogen-bond acceptors (Lipinski definition) is 3. The van der Waals surface area contributed by atoms with Gasteiger partial charge in [0.25, 0.3) is 0 Å². The van der Waals surface area contributed by atoms with Crippen molar-refractivity contribution in [2.24, 2.45) is 11.3 Å². The van der Waals surface area contributed by atoms with Gasteiger partial charge in [-0.1, -0.05) is 20.8 Å². The molecule has 1 N–H and O–H groups in total. The molecule has 0 fully saturated rings. The second-order valence-electron chi connectivity index (χ2n) is 4.29. The van der Waals surface area contributed by atoms with Crippen molar-refractivity contribution < 1.29 is 14.6 Å². The average Bonchev–Trinajstić information content (AvgIpc) is 2.13. The Hall–Kier alpha value is -0.570. The van der Waals surface area contributed by atoms with Crippen LogP contribution in [0.4, 0.5) is 0 Å². The quantitative estimate of drug-likeness (QED) is 0.666. The summed E-state index contributed by atoms with van der Waals surface area (Å²) in [6, 6.07) is 0. The minimum Gasteiger partial charge on any atom is -0.469 e. The zero-order valence-corrected chi connectivity index (χ0v) is 8.96. The van der Waals surface area contributed by atoms with E-state index in [1.54, 1.807) is 0 Å². The third kappa shape index (κ3) is 4.88. The number of rotatable bonds is 5. The fourth-order valence-electron chi connectivity index (χ4n) is 1.01. The van der Waals surface area contributed by atoms with Crippen LogP contribution in [-0.4, -0.2) is 24.8 Å². The molecule has 0 saturated carbocycles. The van der Waals surface area contributed by atoms with Gasteiger partial charge in [-0.15, -0.1) is 0 Å². The lowest BCUT2D eigenvalue weighted by Gasteiger charge is -2.22. The van der Waals surface area contributed by atoms with Gasteiger partial charge in [0.05, 0.1) is 13.0 Å². The van der Waals surface area contributed by atoms with E-state index in [1.807, 2.05) is 20.8 Å². The highest BCUT2D eigenvalue weighted by atomic mass is 16.5. The summed E-state index contributed by atoms with van der Waals surface area (Å²) in [6.45, 7) is 5.97. The number of methoxy groups -OCH3 is 1. The van der Waals surface area contributed by atoms with Crippen molar-refractivity contribution in [1.82, 2.24) is 0 Å². The molecular formula is C10H20O3. The third-order valence-electron chi connectivity index (χ3n) is 2.29. The SMILES string of the molecule is COC(=O)C(C)CCC(C)(C)CO. The molecule has 3 heteroatoms. The van der Waals surface area contributed by atoms with Gasteiger partial charge in [-0.25, -0.2) is 0 Å². The van der Waals surface area contributed by atoms with Crippen LogP contribution < -0.4 is 0 Å². The summed E-state index contributed by atoms with van der Waals surface area (Å²) >= 11 is 0. The Bertz CT molecular complexity index is 164. The maximum absolute atomic E-state index is 11.0. The van der Waals surface area contributed by atoms with E-state index in [1.165, 1.54) is 7.11 Å². The number of esters is 1. The van der Waals surface area contributed by atoms with Crippen molar-refractivity contribution in [3.05, 3.63) is 0 Å². The number of ether oxygens (including phenoxy) is 1. The van der Waals surface area contributed by atoms with Gasteiger partial charge in [0.1, 0.15) is 0 Å². The fraction of sp³-hybridized carbons (Fsp3) is 0.900. The lowest BCUT2D eigenvalue weighted by molar-refractivity contribution is -0.145. The molecule has 0 bridgehead atoms. The minimum atomic E-state index is -0.172. The van der Waals surface area contributed by atoms with Gasteiger partial charge in [0, 0.05) is 6.61 Å². The third-order valence-corrected chi connectivity index (χ3v) is 2.29. The Kier molecular flexibility index (Phi) is 4.99. The van der Waals surface area contributed by atoms with Crippen molar-refractivity contribution in [2.75, 3.05) is 13.7 Å². The van der Waals surface area contributed by atoms with E-state index < -0.39 is 0 Å². The summed E-state index contributed by atoms with van der Waals surface area (Å²) in [5.41, 5.74) is -0.0950. The Labute approximate surface area is 80.1 Å². The van der Waals surface area contributed by atoms with Crippen molar-refractivity contribution in [3.8, 4) is 0 Å². The molecule has 0 aliphatic rings. The summed E-state index contributed by atoms with van der Waals surface area (Å²) in [6.07, 6.45) is 1.60. The maximum atomic E-state index is 11.0. The van der Waals surface area contributed by atoms with E-state index in [-0.39, 0.29) is 23.9 Å². The molecule has 0 aromatic heterocycles. The van der Waals surface area contributed by atoms with Gasteiger partial charge >= 0.3 is 5.97 Å². The molecule has 0 aliphatic heterocycles. The fourth-order valence-corrected chi connectivity index (χ4v) is 1.01. The molecule has 0 spiro atoms. The molecule has 1 atom stereocenters. The standard InChI is InChI=1S/C10H20O3/c1-8(9(12)13-4)5-6-10(2,3)7-11/h8,11H,5-7H2,1-4H3. The molecule has 0 aromatic carbocycles. The van der Waals surface area contributed by atoms with Crippen molar-refractivity contribution in [1.29, 1.82) is 0 Å². The van der Waals surface area contributed by atoms with E-state index in [0.29, 0.717) is 0 Å². The molecule has 0 amide bonds. The molecule has 0 aromatic rings. The first-order valence-electron chi connectivity index (χ1n) is 4.61. The topological polar surface area (TPSA) is 46.5 Å². The largest absolute Gasteiger partial charge is 0.469 e. The highest BCUT2D eigenvalue weighted by molar-refractivity contribution is 5.71. The van der Waals surface area contributed by atoms with Crippen LogP contribution in [0.5, 0.6) is 0 Å². The summed E-state index contributed by atoms with van der Waals surface area (Å²) in [5.74, 6) is -0.246. The molecule has 78 valence electrons. The Balaban J connectivity index is 3.82. The summed E-state index contributed by atoms with van der Waals surface area (Å²) in [7, 11) is 1.40. The minimum absolute atomic E-state index is 0.0733. The van der Waals surface area contributed by atoms with Gasteiger partial charge in [-0.3, -0.25) is 4.79 Å². The Morgan fingerprint density at radius 3 is 2.46 bits per heavy atom. The van der Waals surface area contributed by atoms with Crippen molar-refractivity contribution >= 4 is 5.97 Å². The molecule has 0 rings (SSSR count). The maximum Gasteiger partial charge on any atom is 0.308 e. The first-order chi connectivity index (χ1) is 5.93. The highest BCUT2D eigenvalue weighted by Crippen LogP contribution is 2.24. The number of aliphatic hydroxyl groups is 1. The summed E-state index contributed by atoms with van der Waals surface area (Å²) in [4.78, 5) is 11.0. The Morgan fingerprint density at radius 2 is 2.08 bits per heavy atom. The summed E-state index contributed by atoms with van der Waals surface area (Å²) < 4.78 is 4.61. The molecule has 3 nitrogen and oxygen atoms in total. The van der Waals surface area contributed by atoms with E-state index in [9.17, 15) is 4.79 Å². The number of aliphatic hydroxyl groups excluding tert-OH is 1. The van der Waals surface area contributed by atoms with Crippen LogP contribution in [0.15, 0.2) is 0 Å². The predicted molar refractivity (Wildman–Crippen MR) is 51.3 cm³/mol. The highest BCUT2D eigenvalue weighted by Gasteiger charge is 2.20. The van der Waals surface area contributed by atoms with Gasteiger partial charge in [-0.2, -0.15) is 0 Å². The average molecular weight is 188 g/mol. The normalized spacial score (nSPS) is 13.9. The van der Waals surface area contributed by atoms with E-state index in [2.05, 4.69) is 4.74 Å².